The number of rotatable bonds is 5. The zero-order chi connectivity index (χ0) is 17.8. The van der Waals surface area contributed by atoms with Gasteiger partial charge in [0.1, 0.15) is 0 Å². The molecule has 0 aromatic heterocycles. The predicted octanol–water partition coefficient (Wildman–Crippen LogP) is 4.31. The Morgan fingerprint density at radius 3 is 2.37 bits per heavy atom. The molecule has 4 nitrogen and oxygen atoms in total. The van der Waals surface area contributed by atoms with Crippen LogP contribution in [0, 0.1) is 3.57 Å². The van der Waals surface area contributed by atoms with E-state index >= 15 is 0 Å². The van der Waals surface area contributed by atoms with E-state index in [2.05, 4.69) is 87.8 Å². The van der Waals surface area contributed by atoms with Gasteiger partial charge in [-0.05, 0) is 52.8 Å². The second kappa shape index (κ2) is 11.2. The van der Waals surface area contributed by atoms with Crippen molar-refractivity contribution in [2.75, 3.05) is 26.2 Å². The monoisotopic (exact) mass is 522 g/mol. The Hall–Kier alpha value is -0.860. The number of piperazine rings is 1. The molecule has 0 spiro atoms. The molecule has 7 heteroatoms. The molecule has 0 radical (unpaired) electrons. The molecule has 0 unspecified atom stereocenters. The molecule has 2 aromatic carbocycles. The quantitative estimate of drug-likeness (QED) is 0.594. The number of carboxylic acid groups (broad SMARTS) is 1. The maximum atomic E-state index is 11.1. The van der Waals surface area contributed by atoms with Crippen molar-refractivity contribution in [3.8, 4) is 0 Å². The van der Waals surface area contributed by atoms with E-state index in [1.165, 1.54) is 14.7 Å². The second-order valence-electron chi connectivity index (χ2n) is 6.58. The SMILES string of the molecule is C[C@@H]1CN([C@H](c2ccccc2)c2cccc(I)c2)CCN1CC(=O)O.Cl.Cl. The van der Waals surface area contributed by atoms with Gasteiger partial charge in [0.05, 0.1) is 12.6 Å². The lowest BCUT2D eigenvalue weighted by Gasteiger charge is -2.43. The Kier molecular flexibility index (Phi) is 10.0. The highest BCUT2D eigenvalue weighted by Gasteiger charge is 2.30. The molecule has 1 aliphatic rings. The molecule has 1 N–H and O–H groups in total. The number of carbonyl (C=O) groups is 1. The highest BCUT2D eigenvalue weighted by Crippen LogP contribution is 2.31. The number of hydrogen-bond acceptors (Lipinski definition) is 3. The summed E-state index contributed by atoms with van der Waals surface area (Å²) in [6.07, 6.45) is 0. The van der Waals surface area contributed by atoms with E-state index in [0.717, 1.165) is 19.6 Å². The molecule has 1 aliphatic heterocycles. The number of halogens is 3. The Balaban J connectivity index is 0.00000182. The Morgan fingerprint density at radius 2 is 1.78 bits per heavy atom. The van der Waals surface area contributed by atoms with E-state index in [4.69, 9.17) is 5.11 Å². The zero-order valence-electron chi connectivity index (χ0n) is 15.1. The first-order chi connectivity index (χ1) is 12.0. The van der Waals surface area contributed by atoms with Gasteiger partial charge >= 0.3 is 5.97 Å². The zero-order valence-corrected chi connectivity index (χ0v) is 18.9. The lowest BCUT2D eigenvalue weighted by molar-refractivity contribution is -0.139. The number of aliphatic carboxylic acids is 1. The first kappa shape index (κ1) is 24.2. The van der Waals surface area contributed by atoms with Gasteiger partial charge in [-0.3, -0.25) is 14.6 Å². The third-order valence-electron chi connectivity index (χ3n) is 4.78. The fourth-order valence-electron chi connectivity index (χ4n) is 3.59. The van der Waals surface area contributed by atoms with Gasteiger partial charge in [-0.2, -0.15) is 0 Å². The van der Waals surface area contributed by atoms with Gasteiger partial charge in [-0.15, -0.1) is 24.8 Å². The Bertz CT molecular complexity index is 733. The molecule has 27 heavy (non-hydrogen) atoms. The molecule has 2 atom stereocenters. The van der Waals surface area contributed by atoms with Crippen LogP contribution in [0.2, 0.25) is 0 Å². The molecule has 2 aromatic rings. The standard InChI is InChI=1S/C20H23IN2O2.2ClH/c1-15-13-23(11-10-22(15)14-19(24)25)20(16-6-3-2-4-7-16)17-8-5-9-18(21)12-17;;/h2-9,12,15,20H,10-11,13-14H2,1H3,(H,24,25);2*1H/t15-,20-;;/m1../s1. The minimum atomic E-state index is -0.752. The minimum absolute atomic E-state index is 0. The summed E-state index contributed by atoms with van der Waals surface area (Å²) in [5.41, 5.74) is 2.57. The van der Waals surface area contributed by atoms with Gasteiger partial charge in [0.25, 0.3) is 0 Å². The lowest BCUT2D eigenvalue weighted by atomic mass is 9.95. The molecule has 1 heterocycles. The van der Waals surface area contributed by atoms with Crippen LogP contribution in [-0.4, -0.2) is 53.1 Å². The van der Waals surface area contributed by atoms with Gasteiger partial charge in [0, 0.05) is 29.2 Å². The number of benzene rings is 2. The Labute approximate surface area is 186 Å². The van der Waals surface area contributed by atoms with Gasteiger partial charge in [-0.25, -0.2) is 0 Å². The van der Waals surface area contributed by atoms with Crippen LogP contribution in [0.25, 0.3) is 0 Å². The van der Waals surface area contributed by atoms with Crippen molar-refractivity contribution in [1.82, 2.24) is 9.80 Å². The highest BCUT2D eigenvalue weighted by atomic mass is 127. The van der Waals surface area contributed by atoms with Crippen molar-refractivity contribution in [1.29, 1.82) is 0 Å². The summed E-state index contributed by atoms with van der Waals surface area (Å²) in [5.74, 6) is -0.752. The summed E-state index contributed by atoms with van der Waals surface area (Å²) in [7, 11) is 0. The maximum Gasteiger partial charge on any atom is 0.317 e. The third kappa shape index (κ3) is 6.32. The van der Waals surface area contributed by atoms with E-state index < -0.39 is 5.97 Å². The van der Waals surface area contributed by atoms with Gasteiger partial charge in [-0.1, -0.05) is 42.5 Å². The normalized spacial score (nSPS) is 18.8. The van der Waals surface area contributed by atoms with E-state index in [-0.39, 0.29) is 43.4 Å². The summed E-state index contributed by atoms with van der Waals surface area (Å²) in [6, 6.07) is 19.6. The average molecular weight is 523 g/mol. The van der Waals surface area contributed by atoms with Crippen LogP contribution in [0.1, 0.15) is 24.1 Å². The Morgan fingerprint density at radius 1 is 1.11 bits per heavy atom. The largest absolute Gasteiger partial charge is 0.480 e. The summed E-state index contributed by atoms with van der Waals surface area (Å²) >= 11 is 2.36. The van der Waals surface area contributed by atoms with Crippen LogP contribution >= 0.6 is 47.4 Å². The molecule has 148 valence electrons. The molecule has 0 saturated carbocycles. The topological polar surface area (TPSA) is 43.8 Å². The van der Waals surface area contributed by atoms with Crippen molar-refractivity contribution in [2.24, 2.45) is 0 Å². The van der Waals surface area contributed by atoms with E-state index in [9.17, 15) is 4.79 Å². The van der Waals surface area contributed by atoms with Gasteiger partial charge in [0.2, 0.25) is 0 Å². The van der Waals surface area contributed by atoms with Crippen molar-refractivity contribution in [3.63, 3.8) is 0 Å². The minimum Gasteiger partial charge on any atom is -0.480 e. The second-order valence-corrected chi connectivity index (χ2v) is 7.82. The molecule has 0 bridgehead atoms. The summed E-state index contributed by atoms with van der Waals surface area (Å²) in [6.45, 7) is 4.74. The lowest BCUT2D eigenvalue weighted by Crippen LogP contribution is -2.54. The maximum absolute atomic E-state index is 11.1. The third-order valence-corrected chi connectivity index (χ3v) is 5.45. The molecule has 3 rings (SSSR count). The average Bonchev–Trinajstić information content (AvgIpc) is 2.58. The predicted molar refractivity (Wildman–Crippen MR) is 122 cm³/mol. The van der Waals surface area contributed by atoms with Crippen molar-refractivity contribution in [3.05, 3.63) is 69.3 Å². The van der Waals surface area contributed by atoms with Gasteiger partial charge < -0.3 is 5.11 Å². The van der Waals surface area contributed by atoms with Crippen LogP contribution in [0.5, 0.6) is 0 Å². The number of hydrogen-bond donors (Lipinski definition) is 1. The summed E-state index contributed by atoms with van der Waals surface area (Å²) < 4.78 is 1.23. The summed E-state index contributed by atoms with van der Waals surface area (Å²) in [5, 5.41) is 9.09. The van der Waals surface area contributed by atoms with Crippen LogP contribution in [0.3, 0.4) is 0 Å². The van der Waals surface area contributed by atoms with Crippen LogP contribution in [-0.2, 0) is 4.79 Å². The first-order valence-corrected chi connectivity index (χ1v) is 9.63. The smallest absolute Gasteiger partial charge is 0.317 e. The van der Waals surface area contributed by atoms with E-state index in [0.29, 0.717) is 0 Å². The number of carboxylic acids is 1. The van der Waals surface area contributed by atoms with Crippen LogP contribution < -0.4 is 0 Å². The fourth-order valence-corrected chi connectivity index (χ4v) is 4.16. The molecular weight excluding hydrogens is 498 g/mol. The first-order valence-electron chi connectivity index (χ1n) is 8.55. The van der Waals surface area contributed by atoms with Crippen LogP contribution in [0.15, 0.2) is 54.6 Å². The molecule has 1 saturated heterocycles. The van der Waals surface area contributed by atoms with Crippen molar-refractivity contribution >= 4 is 53.4 Å². The van der Waals surface area contributed by atoms with Gasteiger partial charge in [0.15, 0.2) is 0 Å². The van der Waals surface area contributed by atoms with Crippen molar-refractivity contribution < 1.29 is 9.90 Å². The molecule has 0 amide bonds. The number of nitrogens with zero attached hydrogens (tertiary/aromatic N) is 2. The fraction of sp³-hybridized carbons (Fsp3) is 0.350. The summed E-state index contributed by atoms with van der Waals surface area (Å²) in [4.78, 5) is 15.6. The molecule has 0 aliphatic carbocycles. The molecule has 1 fully saturated rings. The molecular formula is C20H25Cl2IN2O2. The van der Waals surface area contributed by atoms with E-state index in [1.54, 1.807) is 0 Å². The van der Waals surface area contributed by atoms with Crippen LogP contribution in [0.4, 0.5) is 0 Å². The van der Waals surface area contributed by atoms with Crippen molar-refractivity contribution in [2.45, 2.75) is 19.0 Å². The highest BCUT2D eigenvalue weighted by molar-refractivity contribution is 14.1. The van der Waals surface area contributed by atoms with E-state index in [1.807, 2.05) is 6.07 Å².